The fourth-order valence-electron chi connectivity index (χ4n) is 1.51. The number of nitrogens with zero attached hydrogens (tertiary/aromatic N) is 1. The Bertz CT molecular complexity index is 552. The van der Waals surface area contributed by atoms with Crippen molar-refractivity contribution in [2.75, 3.05) is 0 Å². The number of pyridine rings is 1. The number of hydrogen-bond acceptors (Lipinski definition) is 2. The van der Waals surface area contributed by atoms with Gasteiger partial charge in [-0.15, -0.1) is 0 Å². The third-order valence-corrected chi connectivity index (χ3v) is 5.03. The van der Waals surface area contributed by atoms with E-state index in [4.69, 9.17) is 0 Å². The minimum absolute atomic E-state index is 1.03. The molecule has 0 atom stereocenters. The summed E-state index contributed by atoms with van der Waals surface area (Å²) in [5.41, 5.74) is 3.78. The van der Waals surface area contributed by atoms with E-state index >= 15 is 0 Å². The summed E-state index contributed by atoms with van der Waals surface area (Å²) in [6.07, 6.45) is 1.85. The minimum atomic E-state index is 1.03. The van der Waals surface area contributed by atoms with Crippen LogP contribution in [0.1, 0.15) is 16.7 Å². The highest BCUT2D eigenvalue weighted by atomic mass is 79.9. The first-order valence-corrected chi connectivity index (χ1v) is 7.05. The van der Waals surface area contributed by atoms with Crippen LogP contribution in [-0.2, 0) is 0 Å². The second-order valence-corrected chi connectivity index (χ2v) is 5.94. The summed E-state index contributed by atoms with van der Waals surface area (Å²) in [5, 5.41) is 1.03. The lowest BCUT2D eigenvalue weighted by atomic mass is 10.2. The van der Waals surface area contributed by atoms with E-state index in [0.717, 1.165) is 9.50 Å². The molecule has 0 aliphatic rings. The van der Waals surface area contributed by atoms with Crippen LogP contribution in [-0.4, -0.2) is 4.98 Å². The van der Waals surface area contributed by atoms with Crippen molar-refractivity contribution >= 4 is 27.7 Å². The zero-order chi connectivity index (χ0) is 12.4. The highest BCUT2D eigenvalue weighted by Crippen LogP contribution is 2.35. The van der Waals surface area contributed by atoms with Crippen LogP contribution < -0.4 is 0 Å². The molecule has 2 rings (SSSR count). The molecule has 0 fully saturated rings. The lowest BCUT2D eigenvalue weighted by Crippen LogP contribution is -1.87. The van der Waals surface area contributed by atoms with Gasteiger partial charge in [-0.25, -0.2) is 4.98 Å². The largest absolute Gasteiger partial charge is 0.248 e. The third-order valence-electron chi connectivity index (χ3n) is 2.60. The van der Waals surface area contributed by atoms with Crippen LogP contribution in [0.15, 0.2) is 44.9 Å². The van der Waals surface area contributed by atoms with Crippen LogP contribution in [0.5, 0.6) is 0 Å². The molecule has 1 aromatic carbocycles. The van der Waals surface area contributed by atoms with Gasteiger partial charge in [0.2, 0.25) is 0 Å². The molecule has 0 saturated carbocycles. The summed E-state index contributed by atoms with van der Waals surface area (Å²) < 4.78 is 1.09. The molecule has 88 valence electrons. The third kappa shape index (κ3) is 2.90. The standard InChI is InChI=1S/C14H14BrNS/c1-9-4-5-10(2)12(8-9)17-14-13(15)11(3)6-7-16-14/h4-8H,1-3H3. The maximum Gasteiger partial charge on any atom is 0.115 e. The number of benzene rings is 1. The molecule has 2 aromatic rings. The molecule has 17 heavy (non-hydrogen) atoms. The smallest absolute Gasteiger partial charge is 0.115 e. The van der Waals surface area contributed by atoms with Crippen LogP contribution in [0.2, 0.25) is 0 Å². The lowest BCUT2D eigenvalue weighted by Gasteiger charge is -2.08. The van der Waals surface area contributed by atoms with Crippen LogP contribution >= 0.6 is 27.7 Å². The van der Waals surface area contributed by atoms with Crippen LogP contribution in [0.25, 0.3) is 0 Å². The first kappa shape index (κ1) is 12.7. The number of aryl methyl sites for hydroxylation is 3. The van der Waals surface area contributed by atoms with Gasteiger partial charge >= 0.3 is 0 Å². The Labute approximate surface area is 115 Å². The lowest BCUT2D eigenvalue weighted by molar-refractivity contribution is 1.08. The summed E-state index contributed by atoms with van der Waals surface area (Å²) in [7, 11) is 0. The van der Waals surface area contributed by atoms with Crippen molar-refractivity contribution in [1.82, 2.24) is 4.98 Å². The average Bonchev–Trinajstić information content (AvgIpc) is 2.30. The quantitative estimate of drug-likeness (QED) is 0.781. The monoisotopic (exact) mass is 307 g/mol. The van der Waals surface area contributed by atoms with Gasteiger partial charge in [-0.1, -0.05) is 23.9 Å². The van der Waals surface area contributed by atoms with E-state index in [2.05, 4.69) is 59.9 Å². The molecule has 0 amide bonds. The summed E-state index contributed by atoms with van der Waals surface area (Å²) in [5.74, 6) is 0. The van der Waals surface area contributed by atoms with E-state index in [1.807, 2.05) is 12.3 Å². The molecule has 0 radical (unpaired) electrons. The summed E-state index contributed by atoms with van der Waals surface area (Å²) >= 11 is 5.31. The molecule has 0 bridgehead atoms. The molecular formula is C14H14BrNS. The van der Waals surface area contributed by atoms with E-state index < -0.39 is 0 Å². The Morgan fingerprint density at radius 3 is 2.59 bits per heavy atom. The summed E-state index contributed by atoms with van der Waals surface area (Å²) in [6, 6.07) is 8.51. The molecule has 0 aliphatic heterocycles. The normalized spacial score (nSPS) is 10.6. The summed E-state index contributed by atoms with van der Waals surface area (Å²) in [4.78, 5) is 5.69. The van der Waals surface area contributed by atoms with Crippen molar-refractivity contribution in [1.29, 1.82) is 0 Å². The van der Waals surface area contributed by atoms with Gasteiger partial charge in [0.05, 0.1) is 4.47 Å². The second kappa shape index (κ2) is 5.23. The van der Waals surface area contributed by atoms with Crippen molar-refractivity contribution in [3.05, 3.63) is 51.6 Å². The van der Waals surface area contributed by atoms with E-state index in [1.54, 1.807) is 11.8 Å². The molecule has 0 aliphatic carbocycles. The molecule has 0 spiro atoms. The maximum absolute atomic E-state index is 4.42. The Morgan fingerprint density at radius 2 is 1.82 bits per heavy atom. The van der Waals surface area contributed by atoms with Crippen molar-refractivity contribution in [2.45, 2.75) is 30.7 Å². The second-order valence-electron chi connectivity index (χ2n) is 4.12. The first-order valence-electron chi connectivity index (χ1n) is 5.44. The predicted molar refractivity (Wildman–Crippen MR) is 76.7 cm³/mol. The van der Waals surface area contributed by atoms with E-state index in [0.29, 0.717) is 0 Å². The van der Waals surface area contributed by atoms with Gasteiger partial charge < -0.3 is 0 Å². The van der Waals surface area contributed by atoms with Gasteiger partial charge in [-0.3, -0.25) is 0 Å². The highest BCUT2D eigenvalue weighted by Gasteiger charge is 2.08. The topological polar surface area (TPSA) is 12.9 Å². The SMILES string of the molecule is Cc1ccc(C)c(Sc2nccc(C)c2Br)c1. The van der Waals surface area contributed by atoms with Gasteiger partial charge in [0.15, 0.2) is 0 Å². The molecule has 0 saturated heterocycles. The fraction of sp³-hybridized carbons (Fsp3) is 0.214. The van der Waals surface area contributed by atoms with E-state index in [-0.39, 0.29) is 0 Å². The predicted octanol–water partition coefficient (Wildman–Crippen LogP) is 4.92. The molecule has 0 unspecified atom stereocenters. The molecule has 1 aromatic heterocycles. The number of aromatic nitrogens is 1. The van der Waals surface area contributed by atoms with Gasteiger partial charge in [0.25, 0.3) is 0 Å². The van der Waals surface area contributed by atoms with E-state index in [9.17, 15) is 0 Å². The zero-order valence-electron chi connectivity index (χ0n) is 10.1. The number of hydrogen-bond donors (Lipinski definition) is 0. The number of halogens is 1. The maximum atomic E-state index is 4.42. The van der Waals surface area contributed by atoms with Crippen molar-refractivity contribution in [3.8, 4) is 0 Å². The van der Waals surface area contributed by atoms with Crippen LogP contribution in [0.3, 0.4) is 0 Å². The Hall–Kier alpha value is -0.800. The van der Waals surface area contributed by atoms with Gasteiger partial charge in [0, 0.05) is 11.1 Å². The highest BCUT2D eigenvalue weighted by molar-refractivity contribution is 9.10. The Morgan fingerprint density at radius 1 is 1.06 bits per heavy atom. The van der Waals surface area contributed by atoms with Crippen LogP contribution in [0.4, 0.5) is 0 Å². The zero-order valence-corrected chi connectivity index (χ0v) is 12.5. The van der Waals surface area contributed by atoms with E-state index in [1.165, 1.54) is 21.6 Å². The average molecular weight is 308 g/mol. The van der Waals surface area contributed by atoms with Crippen molar-refractivity contribution in [3.63, 3.8) is 0 Å². The summed E-state index contributed by atoms with van der Waals surface area (Å²) in [6.45, 7) is 6.33. The number of rotatable bonds is 2. The Kier molecular flexibility index (Phi) is 3.89. The minimum Gasteiger partial charge on any atom is -0.248 e. The molecule has 1 nitrogen and oxygen atoms in total. The van der Waals surface area contributed by atoms with Crippen molar-refractivity contribution in [2.24, 2.45) is 0 Å². The fourth-order valence-corrected chi connectivity index (χ4v) is 3.03. The molecule has 0 N–H and O–H groups in total. The van der Waals surface area contributed by atoms with Crippen LogP contribution in [0, 0.1) is 20.8 Å². The van der Waals surface area contributed by atoms with Gasteiger partial charge in [-0.05, 0) is 65.5 Å². The molecular weight excluding hydrogens is 294 g/mol. The molecule has 1 heterocycles. The first-order chi connectivity index (χ1) is 8.08. The van der Waals surface area contributed by atoms with Crippen molar-refractivity contribution < 1.29 is 0 Å². The van der Waals surface area contributed by atoms with Gasteiger partial charge in [-0.2, -0.15) is 0 Å². The Balaban J connectivity index is 2.38. The van der Waals surface area contributed by atoms with Gasteiger partial charge in [0.1, 0.15) is 5.03 Å². The molecule has 3 heteroatoms.